The molecule has 63 heavy (non-hydrogen) atoms. The van der Waals surface area contributed by atoms with Crippen LogP contribution in [0.1, 0.15) is 98.5 Å². The van der Waals surface area contributed by atoms with Crippen molar-refractivity contribution in [2.75, 3.05) is 0 Å². The highest BCUT2D eigenvalue weighted by molar-refractivity contribution is 6.04. The van der Waals surface area contributed by atoms with Gasteiger partial charge in [-0.3, -0.25) is 9.59 Å². The van der Waals surface area contributed by atoms with Gasteiger partial charge in [0.05, 0.1) is 6.04 Å². The maximum atomic E-state index is 16.5. The van der Waals surface area contributed by atoms with E-state index < -0.39 is 91.4 Å². The van der Waals surface area contributed by atoms with E-state index >= 15 is 4.79 Å². The molecule has 1 aromatic carbocycles. The highest BCUT2D eigenvalue weighted by Crippen LogP contribution is 2.89. The number of hydrogen-bond donors (Lipinski definition) is 6. The first-order chi connectivity index (χ1) is 29.6. The SMILES string of the molecule is CC(=C[C@@]1(O)C2=CCC3=C2[C@H]2[C@]45C=C[C@@H](N=C(N)N)[C@@H]1[C@@H]4CCCC[C@H]1C(=O)C4=C6[C@](C)([C@]15C)[C@]2(O)C(=C[C@@]6(O)C(C=Cc1ccccc1)[C@H]1C(C)(C)C(=O)CC[C@]41C)C3)C(=O)O. The van der Waals surface area contributed by atoms with Gasteiger partial charge in [0.15, 0.2) is 11.7 Å². The molecule has 1 unspecified atom stereocenters. The third-order valence-electron chi connectivity index (χ3n) is 19.8. The summed E-state index contributed by atoms with van der Waals surface area (Å²) >= 11 is 0. The third-order valence-corrected chi connectivity index (χ3v) is 19.8. The van der Waals surface area contributed by atoms with Crippen molar-refractivity contribution in [1.82, 2.24) is 0 Å². The van der Waals surface area contributed by atoms with E-state index in [1.54, 1.807) is 0 Å². The molecule has 330 valence electrons. The van der Waals surface area contributed by atoms with E-state index in [2.05, 4.69) is 32.9 Å². The molecule has 11 rings (SSSR count). The summed E-state index contributed by atoms with van der Waals surface area (Å²) in [5, 5.41) is 53.3. The standard InChI is InChI=1S/C53H61N3O7/c1-27(44(59)60)25-51(61)31-19-17-29-24-30-26-52(62)34(18-16-28-12-8-7-9-13-28)41-46(2,3)36(57)21-22-47(41,4)39-40(58)33-15-11-10-14-32-38(51)35(56-45(54)55)20-23-50(32)42(37(29)31)53(30,63)49(6,43(39)52)48(33,50)5/h7-9,12-13,16,18-20,23,25-26,32-35,38,41-42,61-63H,10-11,14-15,17,21-22,24H2,1-6H3,(H,59,60)(H4,54,55,56)/t32-,33-,34?,35+,38-,41-,42-,47+,48-,49+,50-,51+,52+,53-/m0/s1. The number of ketones is 2. The van der Waals surface area contributed by atoms with Gasteiger partial charge < -0.3 is 31.9 Å². The molecule has 0 aromatic heterocycles. The van der Waals surface area contributed by atoms with Crippen LogP contribution in [0.4, 0.5) is 0 Å². The second-order valence-electron chi connectivity index (χ2n) is 22.3. The molecule has 1 aromatic rings. The molecule has 14 atom stereocenters. The van der Waals surface area contributed by atoms with Crippen LogP contribution in [0.5, 0.6) is 0 Å². The van der Waals surface area contributed by atoms with Gasteiger partial charge in [-0.25, -0.2) is 9.79 Å². The molecule has 8 N–H and O–H groups in total. The van der Waals surface area contributed by atoms with Crippen LogP contribution >= 0.6 is 0 Å². The Bertz CT molecular complexity index is 2610. The van der Waals surface area contributed by atoms with Crippen molar-refractivity contribution < 1.29 is 34.8 Å². The summed E-state index contributed by atoms with van der Waals surface area (Å²) in [7, 11) is 0. The van der Waals surface area contributed by atoms with E-state index in [9.17, 15) is 30.0 Å². The predicted octanol–water partition coefficient (Wildman–Crippen LogP) is 6.69. The summed E-state index contributed by atoms with van der Waals surface area (Å²) in [5.41, 5.74) is 7.38. The Balaban J connectivity index is 1.30. The number of allylic oxidation sites excluding steroid dienone is 4. The minimum absolute atomic E-state index is 0.00512. The molecule has 0 radical (unpaired) electrons. The topological polar surface area (TPSA) is 197 Å². The van der Waals surface area contributed by atoms with E-state index in [0.29, 0.717) is 67.2 Å². The molecule has 4 fully saturated rings. The molecule has 0 aliphatic heterocycles. The van der Waals surface area contributed by atoms with Crippen molar-refractivity contribution in [3.8, 4) is 0 Å². The lowest BCUT2D eigenvalue weighted by Gasteiger charge is -2.71. The number of rotatable bonds is 5. The number of hydrogen-bond acceptors (Lipinski definition) is 7. The summed E-state index contributed by atoms with van der Waals surface area (Å²) in [6.45, 7) is 12.0. The molecular formula is C53H61N3O7. The van der Waals surface area contributed by atoms with Crippen LogP contribution in [0.25, 0.3) is 6.08 Å². The molecule has 10 nitrogen and oxygen atoms in total. The van der Waals surface area contributed by atoms with Gasteiger partial charge in [0.25, 0.3) is 0 Å². The molecule has 10 heteroatoms. The number of Topliss-reactive ketones (excluding diaryl/α,β-unsaturated/α-hetero) is 2. The monoisotopic (exact) mass is 851 g/mol. The minimum Gasteiger partial charge on any atom is -0.478 e. The van der Waals surface area contributed by atoms with Gasteiger partial charge in [-0.2, -0.15) is 0 Å². The van der Waals surface area contributed by atoms with E-state index in [1.165, 1.54) is 13.0 Å². The van der Waals surface area contributed by atoms with Crippen LogP contribution in [0.15, 0.2) is 111 Å². The molecule has 0 heterocycles. The summed E-state index contributed by atoms with van der Waals surface area (Å²) in [5.74, 6) is -4.77. The number of aliphatic carboxylic acids is 1. The summed E-state index contributed by atoms with van der Waals surface area (Å²) in [4.78, 5) is 48.3. The van der Waals surface area contributed by atoms with Crippen LogP contribution in [0.3, 0.4) is 0 Å². The minimum atomic E-state index is -1.85. The molecule has 0 amide bonds. The van der Waals surface area contributed by atoms with Crippen LogP contribution in [0, 0.1) is 62.6 Å². The van der Waals surface area contributed by atoms with Crippen LogP contribution < -0.4 is 11.5 Å². The zero-order chi connectivity index (χ0) is 44.8. The lowest BCUT2D eigenvalue weighted by Crippen LogP contribution is -2.73. The Morgan fingerprint density at radius 3 is 2.40 bits per heavy atom. The molecule has 2 bridgehead atoms. The second kappa shape index (κ2) is 12.4. The number of nitrogens with two attached hydrogens (primary N) is 2. The highest BCUT2D eigenvalue weighted by Gasteiger charge is 2.90. The first kappa shape index (κ1) is 41.1. The molecule has 4 saturated carbocycles. The quantitative estimate of drug-likeness (QED) is 0.0810. The number of carbonyl (C=O) groups is 3. The van der Waals surface area contributed by atoms with Crippen LogP contribution in [-0.2, 0) is 14.4 Å². The van der Waals surface area contributed by atoms with Crippen molar-refractivity contribution in [2.24, 2.45) is 79.0 Å². The van der Waals surface area contributed by atoms with Gasteiger partial charge >= 0.3 is 5.97 Å². The van der Waals surface area contributed by atoms with Crippen molar-refractivity contribution in [3.63, 3.8) is 0 Å². The Kier molecular flexibility index (Phi) is 8.07. The first-order valence-electron chi connectivity index (χ1n) is 23.2. The van der Waals surface area contributed by atoms with Gasteiger partial charge in [0.2, 0.25) is 0 Å². The average Bonchev–Trinajstić information content (AvgIpc) is 3.67. The van der Waals surface area contributed by atoms with Gasteiger partial charge in [0.1, 0.15) is 22.6 Å². The van der Waals surface area contributed by atoms with E-state index in [-0.39, 0.29) is 23.1 Å². The molecule has 0 saturated heterocycles. The number of guanidine groups is 1. The predicted molar refractivity (Wildman–Crippen MR) is 239 cm³/mol. The number of carboxylic acids is 1. The summed E-state index contributed by atoms with van der Waals surface area (Å²) in [6, 6.07) is 9.21. The largest absolute Gasteiger partial charge is 0.478 e. The first-order valence-corrected chi connectivity index (χ1v) is 23.2. The molecule has 10 aliphatic carbocycles. The fourth-order valence-electron chi connectivity index (χ4n) is 17.8. The van der Waals surface area contributed by atoms with Gasteiger partial charge in [-0.05, 0) is 96.3 Å². The lowest BCUT2D eigenvalue weighted by molar-refractivity contribution is -0.180. The maximum Gasteiger partial charge on any atom is 0.331 e. The van der Waals surface area contributed by atoms with E-state index in [4.69, 9.17) is 16.5 Å². The number of carboxylic acid groups (broad SMARTS) is 1. The summed E-state index contributed by atoms with van der Waals surface area (Å²) < 4.78 is 0. The number of nitrogens with zero attached hydrogens (tertiary/aromatic N) is 1. The molecular weight excluding hydrogens is 791 g/mol. The van der Waals surface area contributed by atoms with Crippen LogP contribution in [0.2, 0.25) is 0 Å². The smallest absolute Gasteiger partial charge is 0.331 e. The zero-order valence-electron chi connectivity index (χ0n) is 37.2. The molecule has 10 aliphatic rings. The van der Waals surface area contributed by atoms with Crippen LogP contribution in [-0.4, -0.2) is 66.8 Å². The third kappa shape index (κ3) is 4.34. The highest BCUT2D eigenvalue weighted by atomic mass is 16.4. The van der Waals surface area contributed by atoms with Crippen molar-refractivity contribution >= 4 is 29.6 Å². The maximum absolute atomic E-state index is 16.5. The lowest BCUT2D eigenvalue weighted by atomic mass is 9.32. The van der Waals surface area contributed by atoms with Crippen molar-refractivity contribution in [3.05, 3.63) is 111 Å². The number of aliphatic hydroxyl groups is 3. The summed E-state index contributed by atoms with van der Waals surface area (Å²) in [6.07, 6.45) is 17.9. The number of aliphatic imine (C=N–C) groups is 1. The Morgan fingerprint density at radius 1 is 0.984 bits per heavy atom. The Hall–Kier alpha value is -4.64. The molecule has 1 spiro atoms. The Morgan fingerprint density at radius 2 is 1.70 bits per heavy atom. The van der Waals surface area contributed by atoms with E-state index in [0.717, 1.165) is 23.1 Å². The zero-order valence-corrected chi connectivity index (χ0v) is 37.2. The van der Waals surface area contributed by atoms with Gasteiger partial charge in [-0.1, -0.05) is 114 Å². The normalized spacial score (nSPS) is 47.1. The second-order valence-corrected chi connectivity index (χ2v) is 22.3. The van der Waals surface area contributed by atoms with Crippen molar-refractivity contribution in [1.29, 1.82) is 0 Å². The van der Waals surface area contributed by atoms with Crippen molar-refractivity contribution in [2.45, 2.75) is 116 Å². The van der Waals surface area contributed by atoms with E-state index in [1.807, 2.05) is 68.5 Å². The average molecular weight is 852 g/mol. The number of benzene rings is 1. The number of fused-ring (bicyclic) bond motifs is 2. The van der Waals surface area contributed by atoms with Gasteiger partial charge in [0, 0.05) is 62.9 Å². The fraction of sp³-hybridized carbons (Fsp3) is 0.547. The fourth-order valence-corrected chi connectivity index (χ4v) is 17.8. The Labute approximate surface area is 369 Å². The van der Waals surface area contributed by atoms with Gasteiger partial charge in [-0.15, -0.1) is 0 Å². The number of carbonyl (C=O) groups excluding carboxylic acids is 2.